The van der Waals surface area contributed by atoms with Crippen LogP contribution in [-0.2, 0) is 10.3 Å². The summed E-state index contributed by atoms with van der Waals surface area (Å²) >= 11 is 0. The fourth-order valence-corrected chi connectivity index (χ4v) is 2.09. The first-order valence-electron chi connectivity index (χ1n) is 6.72. The monoisotopic (exact) mass is 268 g/mol. The van der Waals surface area contributed by atoms with Crippen LogP contribution in [0.15, 0.2) is 60.7 Å². The van der Waals surface area contributed by atoms with Crippen molar-refractivity contribution in [1.82, 2.24) is 5.32 Å². The van der Waals surface area contributed by atoms with Crippen molar-refractivity contribution in [3.8, 4) is 0 Å². The van der Waals surface area contributed by atoms with Gasteiger partial charge >= 0.3 is 0 Å². The Bertz CT molecular complexity index is 564. The Morgan fingerprint density at radius 1 is 1.05 bits per heavy atom. The number of amides is 1. The molecule has 2 aromatic rings. The number of hydrogen-bond acceptors (Lipinski definition) is 2. The lowest BCUT2D eigenvalue weighted by Crippen LogP contribution is -2.49. The molecule has 3 N–H and O–H groups in total. The predicted molar refractivity (Wildman–Crippen MR) is 81.0 cm³/mol. The van der Waals surface area contributed by atoms with Gasteiger partial charge in [0.15, 0.2) is 0 Å². The van der Waals surface area contributed by atoms with Crippen LogP contribution in [0.25, 0.3) is 0 Å². The van der Waals surface area contributed by atoms with E-state index in [0.29, 0.717) is 0 Å². The molecule has 0 aromatic heterocycles. The van der Waals surface area contributed by atoms with Crippen molar-refractivity contribution in [1.29, 1.82) is 0 Å². The number of nitrogens with one attached hydrogen (secondary N) is 1. The molecule has 104 valence electrons. The van der Waals surface area contributed by atoms with E-state index >= 15 is 0 Å². The summed E-state index contributed by atoms with van der Waals surface area (Å²) in [6, 6.07) is 19.2. The third-order valence-corrected chi connectivity index (χ3v) is 3.49. The minimum Gasteiger partial charge on any atom is -0.348 e. The first-order chi connectivity index (χ1) is 9.51. The van der Waals surface area contributed by atoms with Crippen LogP contribution in [0.5, 0.6) is 0 Å². The summed E-state index contributed by atoms with van der Waals surface area (Å²) in [6.45, 7) is 3.68. The largest absolute Gasteiger partial charge is 0.348 e. The Morgan fingerprint density at radius 2 is 1.55 bits per heavy atom. The fraction of sp³-hybridized carbons (Fsp3) is 0.235. The number of carbonyl (C=O) groups excluding carboxylic acids is 1. The zero-order valence-corrected chi connectivity index (χ0v) is 11.8. The average Bonchev–Trinajstić information content (AvgIpc) is 2.49. The minimum absolute atomic E-state index is 0.0738. The first-order valence-corrected chi connectivity index (χ1v) is 6.72. The van der Waals surface area contributed by atoms with Crippen molar-refractivity contribution >= 4 is 5.91 Å². The molecule has 2 aromatic carbocycles. The van der Waals surface area contributed by atoms with Crippen molar-refractivity contribution in [2.45, 2.75) is 25.4 Å². The van der Waals surface area contributed by atoms with E-state index in [0.717, 1.165) is 11.1 Å². The van der Waals surface area contributed by atoms with E-state index in [2.05, 4.69) is 5.32 Å². The van der Waals surface area contributed by atoms with E-state index in [1.807, 2.05) is 67.6 Å². The van der Waals surface area contributed by atoms with Crippen LogP contribution in [-0.4, -0.2) is 5.91 Å². The highest BCUT2D eigenvalue weighted by atomic mass is 16.2. The maximum Gasteiger partial charge on any atom is 0.244 e. The van der Waals surface area contributed by atoms with Gasteiger partial charge in [-0.25, -0.2) is 0 Å². The summed E-state index contributed by atoms with van der Waals surface area (Å²) in [5.74, 6) is -0.181. The lowest BCUT2D eigenvalue weighted by atomic mass is 9.91. The molecule has 0 aliphatic carbocycles. The van der Waals surface area contributed by atoms with E-state index in [-0.39, 0.29) is 11.9 Å². The highest BCUT2D eigenvalue weighted by Gasteiger charge is 2.31. The molecule has 0 bridgehead atoms. The molecule has 2 unspecified atom stereocenters. The molecule has 0 heterocycles. The third kappa shape index (κ3) is 3.06. The number of nitrogens with two attached hydrogens (primary N) is 1. The van der Waals surface area contributed by atoms with Crippen molar-refractivity contribution in [2.75, 3.05) is 0 Å². The van der Waals surface area contributed by atoms with E-state index in [4.69, 9.17) is 5.73 Å². The molecule has 0 saturated carbocycles. The van der Waals surface area contributed by atoms with Gasteiger partial charge in [-0.15, -0.1) is 0 Å². The lowest BCUT2D eigenvalue weighted by Gasteiger charge is -2.26. The maximum atomic E-state index is 12.4. The summed E-state index contributed by atoms with van der Waals surface area (Å²) in [4.78, 5) is 12.4. The molecule has 0 aliphatic rings. The molecule has 3 heteroatoms. The Hall–Kier alpha value is -2.13. The second kappa shape index (κ2) is 5.88. The van der Waals surface area contributed by atoms with E-state index in [1.165, 1.54) is 0 Å². The van der Waals surface area contributed by atoms with Gasteiger partial charge in [0.25, 0.3) is 0 Å². The average molecular weight is 268 g/mol. The zero-order valence-electron chi connectivity index (χ0n) is 11.8. The van der Waals surface area contributed by atoms with Gasteiger partial charge in [-0.05, 0) is 25.0 Å². The van der Waals surface area contributed by atoms with Crippen LogP contribution in [0, 0.1) is 0 Å². The summed E-state index contributed by atoms with van der Waals surface area (Å²) in [6.07, 6.45) is 0. The van der Waals surface area contributed by atoms with Gasteiger partial charge in [0.05, 0.1) is 6.04 Å². The van der Waals surface area contributed by atoms with Crippen LogP contribution in [0.2, 0.25) is 0 Å². The Kier molecular flexibility index (Phi) is 4.20. The van der Waals surface area contributed by atoms with Gasteiger partial charge in [-0.2, -0.15) is 0 Å². The molecule has 0 fully saturated rings. The van der Waals surface area contributed by atoms with Crippen LogP contribution in [0.3, 0.4) is 0 Å². The first kappa shape index (κ1) is 14.3. The van der Waals surface area contributed by atoms with Crippen LogP contribution in [0.1, 0.15) is 31.0 Å². The molecule has 2 atom stereocenters. The molecular formula is C17H20N2O. The number of rotatable bonds is 4. The SMILES string of the molecule is CC(NC(=O)C(C)(N)c1ccccc1)c1ccccc1. The van der Waals surface area contributed by atoms with Gasteiger partial charge < -0.3 is 11.1 Å². The number of carbonyl (C=O) groups is 1. The molecule has 2 rings (SSSR count). The van der Waals surface area contributed by atoms with Gasteiger partial charge in [0, 0.05) is 0 Å². The van der Waals surface area contributed by atoms with Crippen LogP contribution < -0.4 is 11.1 Å². The molecule has 1 amide bonds. The van der Waals surface area contributed by atoms with Crippen molar-refractivity contribution in [3.05, 3.63) is 71.8 Å². The van der Waals surface area contributed by atoms with Gasteiger partial charge in [-0.1, -0.05) is 60.7 Å². The highest BCUT2D eigenvalue weighted by molar-refractivity contribution is 5.87. The van der Waals surface area contributed by atoms with Gasteiger partial charge in [-0.3, -0.25) is 4.79 Å². The molecule has 0 aliphatic heterocycles. The van der Waals surface area contributed by atoms with Crippen molar-refractivity contribution in [2.24, 2.45) is 5.73 Å². The normalized spacial score (nSPS) is 15.2. The topological polar surface area (TPSA) is 55.1 Å². The Morgan fingerprint density at radius 3 is 2.10 bits per heavy atom. The fourth-order valence-electron chi connectivity index (χ4n) is 2.09. The molecule has 3 nitrogen and oxygen atoms in total. The predicted octanol–water partition coefficient (Wildman–Crippen LogP) is 2.74. The lowest BCUT2D eigenvalue weighted by molar-refractivity contribution is -0.126. The summed E-state index contributed by atoms with van der Waals surface area (Å²) in [5, 5.41) is 2.97. The quantitative estimate of drug-likeness (QED) is 0.895. The van der Waals surface area contributed by atoms with Crippen LogP contribution >= 0.6 is 0 Å². The van der Waals surface area contributed by atoms with Crippen LogP contribution in [0.4, 0.5) is 0 Å². The van der Waals surface area contributed by atoms with Crippen molar-refractivity contribution in [3.63, 3.8) is 0 Å². The Balaban J connectivity index is 2.12. The molecule has 20 heavy (non-hydrogen) atoms. The third-order valence-electron chi connectivity index (χ3n) is 3.49. The van der Waals surface area contributed by atoms with Gasteiger partial charge in [0.2, 0.25) is 5.91 Å². The standard InChI is InChI=1S/C17H20N2O/c1-13(14-9-5-3-6-10-14)19-16(20)17(2,18)15-11-7-4-8-12-15/h3-13H,18H2,1-2H3,(H,19,20). The van der Waals surface area contributed by atoms with Crippen molar-refractivity contribution < 1.29 is 4.79 Å². The molecule has 0 saturated heterocycles. The van der Waals surface area contributed by atoms with E-state index in [1.54, 1.807) is 6.92 Å². The second-order valence-electron chi connectivity index (χ2n) is 5.17. The Labute approximate surface area is 119 Å². The zero-order chi connectivity index (χ0) is 14.6. The second-order valence-corrected chi connectivity index (χ2v) is 5.17. The minimum atomic E-state index is -1.04. The summed E-state index contributed by atoms with van der Waals surface area (Å²) in [7, 11) is 0. The highest BCUT2D eigenvalue weighted by Crippen LogP contribution is 2.20. The number of hydrogen-bond donors (Lipinski definition) is 2. The van der Waals surface area contributed by atoms with Gasteiger partial charge in [0.1, 0.15) is 5.54 Å². The summed E-state index contributed by atoms with van der Waals surface area (Å²) in [5.41, 5.74) is 7.02. The maximum absolute atomic E-state index is 12.4. The smallest absolute Gasteiger partial charge is 0.244 e. The summed E-state index contributed by atoms with van der Waals surface area (Å²) < 4.78 is 0. The molecule has 0 spiro atoms. The molecular weight excluding hydrogens is 248 g/mol. The molecule has 0 radical (unpaired) electrons. The van der Waals surface area contributed by atoms with E-state index < -0.39 is 5.54 Å². The number of benzene rings is 2. The van der Waals surface area contributed by atoms with E-state index in [9.17, 15) is 4.79 Å².